The van der Waals surface area contributed by atoms with Crippen LogP contribution in [0.5, 0.6) is 0 Å². The van der Waals surface area contributed by atoms with E-state index in [1.54, 1.807) is 6.33 Å². The first kappa shape index (κ1) is 23.6. The molecule has 1 saturated heterocycles. The molecule has 1 aromatic heterocycles. The molecule has 0 saturated carbocycles. The number of rotatable bonds is 8. The van der Waals surface area contributed by atoms with Gasteiger partial charge in [0.2, 0.25) is 5.91 Å². The molecule has 176 valence electrons. The van der Waals surface area contributed by atoms with Crippen molar-refractivity contribution in [3.63, 3.8) is 0 Å². The molecule has 1 fully saturated rings. The van der Waals surface area contributed by atoms with E-state index in [2.05, 4.69) is 64.8 Å². The van der Waals surface area contributed by atoms with Gasteiger partial charge in [-0.15, -0.1) is 0 Å². The number of carbonyl (C=O) groups is 1. The molecule has 2 atom stereocenters. The van der Waals surface area contributed by atoms with Gasteiger partial charge in [0.05, 0.1) is 42.4 Å². The zero-order valence-electron chi connectivity index (χ0n) is 20.3. The second kappa shape index (κ2) is 10.6. The van der Waals surface area contributed by atoms with Crippen molar-refractivity contribution in [2.24, 2.45) is 0 Å². The van der Waals surface area contributed by atoms with Gasteiger partial charge in [0.1, 0.15) is 0 Å². The fourth-order valence-corrected chi connectivity index (χ4v) is 4.96. The van der Waals surface area contributed by atoms with Gasteiger partial charge in [0, 0.05) is 18.3 Å². The van der Waals surface area contributed by atoms with Crippen LogP contribution in [0.3, 0.4) is 0 Å². The number of amides is 1. The van der Waals surface area contributed by atoms with Crippen LogP contribution in [-0.4, -0.2) is 39.9 Å². The first-order valence-electron chi connectivity index (χ1n) is 12.1. The van der Waals surface area contributed by atoms with Gasteiger partial charge in [-0.1, -0.05) is 44.0 Å². The van der Waals surface area contributed by atoms with Crippen molar-refractivity contribution in [3.8, 4) is 6.07 Å². The van der Waals surface area contributed by atoms with Crippen molar-refractivity contribution in [1.82, 2.24) is 14.9 Å². The van der Waals surface area contributed by atoms with E-state index in [1.807, 2.05) is 30.5 Å². The Morgan fingerprint density at radius 2 is 2.00 bits per heavy atom. The molecule has 1 aliphatic heterocycles. The lowest BCUT2D eigenvalue weighted by Gasteiger charge is -2.46. The summed E-state index contributed by atoms with van der Waals surface area (Å²) >= 11 is 0. The number of anilines is 1. The van der Waals surface area contributed by atoms with E-state index in [-0.39, 0.29) is 18.0 Å². The highest BCUT2D eigenvalue weighted by molar-refractivity contribution is 5.84. The number of carbonyl (C=O) groups excluding carboxylic acids is 1. The first-order chi connectivity index (χ1) is 16.5. The number of hydrogen-bond donors (Lipinski definition) is 1. The standard InChI is InChI=1S/C28H33N5O/c1-4-5-8-24-17-32(26-9-6-7-20(2)21(26)3)18-28(34)33(24)27(25-16-30-19-31-25)14-22-10-12-23(15-29)13-11-22/h6-7,9-13,16,19,24,27H,4-5,8,14,17-18H2,1-3H3,(H,30,31)/t24?,27-/m0/s1. The number of nitrogens with one attached hydrogen (secondary N) is 1. The summed E-state index contributed by atoms with van der Waals surface area (Å²) in [4.78, 5) is 25.7. The maximum Gasteiger partial charge on any atom is 0.242 e. The number of aromatic nitrogens is 2. The van der Waals surface area contributed by atoms with E-state index in [1.165, 1.54) is 11.1 Å². The number of aryl methyl sites for hydroxylation is 1. The highest BCUT2D eigenvalue weighted by atomic mass is 16.2. The van der Waals surface area contributed by atoms with Crippen LogP contribution in [0.15, 0.2) is 55.0 Å². The van der Waals surface area contributed by atoms with Crippen LogP contribution in [0.4, 0.5) is 5.69 Å². The summed E-state index contributed by atoms with van der Waals surface area (Å²) in [6.07, 6.45) is 7.30. The number of nitriles is 1. The van der Waals surface area contributed by atoms with Crippen LogP contribution >= 0.6 is 0 Å². The van der Waals surface area contributed by atoms with Crippen molar-refractivity contribution in [2.45, 2.75) is 58.5 Å². The number of nitrogens with zero attached hydrogens (tertiary/aromatic N) is 4. The molecular formula is C28H33N5O. The van der Waals surface area contributed by atoms with Crippen LogP contribution in [0.25, 0.3) is 0 Å². The minimum Gasteiger partial charge on any atom is -0.360 e. The van der Waals surface area contributed by atoms with Crippen molar-refractivity contribution in [1.29, 1.82) is 5.26 Å². The van der Waals surface area contributed by atoms with Crippen LogP contribution in [-0.2, 0) is 11.2 Å². The summed E-state index contributed by atoms with van der Waals surface area (Å²) in [6, 6.07) is 16.1. The molecule has 6 nitrogen and oxygen atoms in total. The van der Waals surface area contributed by atoms with Crippen LogP contribution in [0.2, 0.25) is 0 Å². The lowest BCUT2D eigenvalue weighted by atomic mass is 9.95. The molecule has 4 rings (SSSR count). The van der Waals surface area contributed by atoms with Crippen molar-refractivity contribution >= 4 is 11.6 Å². The predicted octanol–water partition coefficient (Wildman–Crippen LogP) is 5.09. The molecule has 1 amide bonds. The van der Waals surface area contributed by atoms with Gasteiger partial charge in [0.15, 0.2) is 0 Å². The Kier molecular flexibility index (Phi) is 7.32. The lowest BCUT2D eigenvalue weighted by Crippen LogP contribution is -2.58. The molecule has 3 aromatic rings. The van der Waals surface area contributed by atoms with E-state index in [9.17, 15) is 4.79 Å². The van der Waals surface area contributed by atoms with E-state index in [0.29, 0.717) is 18.5 Å². The van der Waals surface area contributed by atoms with Gasteiger partial charge in [-0.2, -0.15) is 5.26 Å². The average Bonchev–Trinajstić information content (AvgIpc) is 3.38. The summed E-state index contributed by atoms with van der Waals surface area (Å²) in [5.74, 6) is 0.140. The minimum absolute atomic E-state index is 0.104. The largest absolute Gasteiger partial charge is 0.360 e. The van der Waals surface area contributed by atoms with Gasteiger partial charge in [-0.05, 0) is 61.6 Å². The molecule has 0 bridgehead atoms. The SMILES string of the molecule is CCCCC1CN(c2cccc(C)c2C)CC(=O)N1[C@@H](Cc1ccc(C#N)cc1)c1cnc[nH]1. The van der Waals surface area contributed by atoms with E-state index in [0.717, 1.165) is 42.8 Å². The summed E-state index contributed by atoms with van der Waals surface area (Å²) in [6.45, 7) is 7.64. The molecule has 0 radical (unpaired) electrons. The Morgan fingerprint density at radius 1 is 1.21 bits per heavy atom. The third-order valence-corrected chi connectivity index (χ3v) is 6.97. The maximum atomic E-state index is 13.8. The van der Waals surface area contributed by atoms with Gasteiger partial charge >= 0.3 is 0 Å². The molecule has 1 aliphatic rings. The minimum atomic E-state index is -0.134. The van der Waals surface area contributed by atoms with Gasteiger partial charge in [-0.3, -0.25) is 4.79 Å². The maximum absolute atomic E-state index is 13.8. The van der Waals surface area contributed by atoms with Gasteiger partial charge in [-0.25, -0.2) is 4.98 Å². The van der Waals surface area contributed by atoms with Crippen LogP contribution < -0.4 is 4.90 Å². The lowest BCUT2D eigenvalue weighted by molar-refractivity contribution is -0.137. The fraction of sp³-hybridized carbons (Fsp3) is 0.393. The summed E-state index contributed by atoms with van der Waals surface area (Å²) in [7, 11) is 0. The van der Waals surface area contributed by atoms with Crippen molar-refractivity contribution < 1.29 is 4.79 Å². The Bertz CT molecular complexity index is 1150. The zero-order valence-corrected chi connectivity index (χ0v) is 20.3. The molecule has 1 unspecified atom stereocenters. The van der Waals surface area contributed by atoms with Crippen molar-refractivity contribution in [3.05, 3.63) is 82.9 Å². The zero-order chi connectivity index (χ0) is 24.1. The average molecular weight is 456 g/mol. The number of aromatic amines is 1. The Balaban J connectivity index is 1.67. The number of imidazole rings is 1. The quantitative estimate of drug-likeness (QED) is 0.513. The normalized spacial score (nSPS) is 17.0. The highest BCUT2D eigenvalue weighted by Crippen LogP contribution is 2.33. The number of H-pyrrole nitrogens is 1. The highest BCUT2D eigenvalue weighted by Gasteiger charge is 2.38. The molecule has 1 N–H and O–H groups in total. The van der Waals surface area contributed by atoms with Crippen LogP contribution in [0, 0.1) is 25.2 Å². The number of hydrogen-bond acceptors (Lipinski definition) is 4. The Morgan fingerprint density at radius 3 is 2.68 bits per heavy atom. The third kappa shape index (κ3) is 4.99. The summed E-state index contributed by atoms with van der Waals surface area (Å²) < 4.78 is 0. The smallest absolute Gasteiger partial charge is 0.242 e. The summed E-state index contributed by atoms with van der Waals surface area (Å²) in [5, 5.41) is 9.15. The molecule has 2 heterocycles. The van der Waals surface area contributed by atoms with Crippen molar-refractivity contribution in [2.75, 3.05) is 18.0 Å². The molecule has 6 heteroatoms. The molecular weight excluding hydrogens is 422 g/mol. The number of benzene rings is 2. The molecule has 34 heavy (non-hydrogen) atoms. The molecule has 0 aliphatic carbocycles. The molecule has 2 aromatic carbocycles. The molecule has 0 spiro atoms. The van der Waals surface area contributed by atoms with E-state index < -0.39 is 0 Å². The Hall–Kier alpha value is -3.59. The van der Waals surface area contributed by atoms with Gasteiger partial charge < -0.3 is 14.8 Å². The topological polar surface area (TPSA) is 76.0 Å². The first-order valence-corrected chi connectivity index (χ1v) is 12.1. The van der Waals surface area contributed by atoms with E-state index in [4.69, 9.17) is 5.26 Å². The summed E-state index contributed by atoms with van der Waals surface area (Å²) in [5.41, 5.74) is 6.31. The number of unbranched alkanes of at least 4 members (excludes halogenated alkanes) is 1. The van der Waals surface area contributed by atoms with E-state index >= 15 is 0 Å². The van der Waals surface area contributed by atoms with Crippen LogP contribution in [0.1, 0.15) is 60.2 Å². The third-order valence-electron chi connectivity index (χ3n) is 6.97. The monoisotopic (exact) mass is 455 g/mol. The fourth-order valence-electron chi connectivity index (χ4n) is 4.96. The second-order valence-electron chi connectivity index (χ2n) is 9.23. The number of piperazine rings is 1. The predicted molar refractivity (Wildman–Crippen MR) is 134 cm³/mol. The second-order valence-corrected chi connectivity index (χ2v) is 9.23. The van der Waals surface area contributed by atoms with Gasteiger partial charge in [0.25, 0.3) is 0 Å². The Labute approximate surface area is 202 Å².